The molecule has 0 saturated heterocycles. The van der Waals surface area contributed by atoms with Gasteiger partial charge >= 0.3 is 0 Å². The van der Waals surface area contributed by atoms with Gasteiger partial charge in [0.1, 0.15) is 0 Å². The van der Waals surface area contributed by atoms with Crippen molar-refractivity contribution in [1.82, 2.24) is 9.80 Å². The molecule has 0 aromatic heterocycles. The lowest BCUT2D eigenvalue weighted by molar-refractivity contribution is -0.218. The van der Waals surface area contributed by atoms with Gasteiger partial charge in [0, 0.05) is 6.54 Å². The van der Waals surface area contributed by atoms with Crippen LogP contribution in [-0.4, -0.2) is 57.1 Å². The van der Waals surface area contributed by atoms with Crippen molar-refractivity contribution in [3.63, 3.8) is 0 Å². The van der Waals surface area contributed by atoms with Crippen LogP contribution in [0.3, 0.4) is 0 Å². The van der Waals surface area contributed by atoms with Gasteiger partial charge in [0.15, 0.2) is 0 Å². The van der Waals surface area contributed by atoms with Gasteiger partial charge in [-0.15, -0.1) is 0 Å². The molecule has 0 N–H and O–H groups in total. The van der Waals surface area contributed by atoms with Crippen LogP contribution in [0.1, 0.15) is 6.92 Å². The fraction of sp³-hybridized carbons (Fsp3) is 1.00. The molecule has 0 aliphatic carbocycles. The van der Waals surface area contributed by atoms with E-state index in [4.69, 9.17) is 4.74 Å². The van der Waals surface area contributed by atoms with Gasteiger partial charge in [0.25, 0.3) is 0 Å². The van der Waals surface area contributed by atoms with E-state index in [1.807, 2.05) is 25.9 Å². The minimum Gasteiger partial charge on any atom is -0.336 e. The average Bonchev–Trinajstić information content (AvgIpc) is 2.02. The fourth-order valence-corrected chi connectivity index (χ4v) is 0.612. The van der Waals surface area contributed by atoms with Crippen LogP contribution in [0.2, 0.25) is 0 Å². The van der Waals surface area contributed by atoms with Gasteiger partial charge in [-0.3, -0.25) is 4.90 Å². The Balaban J connectivity index is 3.37. The Morgan fingerprint density at radius 1 is 1.33 bits per heavy atom. The fourth-order valence-electron chi connectivity index (χ4n) is 0.612. The lowest BCUT2D eigenvalue weighted by Crippen LogP contribution is -2.34. The summed E-state index contributed by atoms with van der Waals surface area (Å²) in [7, 11) is 5.66. The van der Waals surface area contributed by atoms with E-state index in [1.54, 1.807) is 11.9 Å². The smallest absolute Gasteiger partial charge is 0.250 e. The predicted molar refractivity (Wildman–Crippen MR) is 47.3 cm³/mol. The summed E-state index contributed by atoms with van der Waals surface area (Å²) in [6.45, 7) is 3.93. The molecule has 1 unspecified atom stereocenters. The highest BCUT2D eigenvalue weighted by Crippen LogP contribution is 1.94. The van der Waals surface area contributed by atoms with Crippen LogP contribution in [0, 0.1) is 0 Å². The Morgan fingerprint density at radius 2 is 1.92 bits per heavy atom. The molecule has 0 spiro atoms. The zero-order chi connectivity index (χ0) is 9.56. The molecule has 4 nitrogen and oxygen atoms in total. The first-order valence-electron chi connectivity index (χ1n) is 4.20. The van der Waals surface area contributed by atoms with E-state index in [1.165, 1.54) is 0 Å². The summed E-state index contributed by atoms with van der Waals surface area (Å²) >= 11 is 0. The Morgan fingerprint density at radius 3 is 2.33 bits per heavy atom. The molecular weight excluding hydrogens is 156 g/mol. The topological polar surface area (TPSA) is 35.6 Å². The SMILES string of the molecule is CCN(C)C([O])OCCN(C)C. The van der Waals surface area contributed by atoms with E-state index in [0.717, 1.165) is 13.1 Å². The molecule has 12 heavy (non-hydrogen) atoms. The van der Waals surface area contributed by atoms with Crippen LogP contribution < -0.4 is 0 Å². The van der Waals surface area contributed by atoms with Crippen molar-refractivity contribution in [3.05, 3.63) is 0 Å². The Bertz CT molecular complexity index is 109. The van der Waals surface area contributed by atoms with Gasteiger partial charge in [-0.1, -0.05) is 6.92 Å². The maximum absolute atomic E-state index is 11.1. The minimum absolute atomic E-state index is 0.492. The first-order chi connectivity index (χ1) is 5.57. The monoisotopic (exact) mass is 175 g/mol. The van der Waals surface area contributed by atoms with Crippen molar-refractivity contribution in [3.8, 4) is 0 Å². The Labute approximate surface area is 74.7 Å². The number of hydrogen-bond acceptors (Lipinski definition) is 3. The summed E-state index contributed by atoms with van der Waals surface area (Å²) in [5, 5.41) is 11.1. The van der Waals surface area contributed by atoms with Gasteiger partial charge < -0.3 is 9.64 Å². The highest BCUT2D eigenvalue weighted by Gasteiger charge is 2.10. The van der Waals surface area contributed by atoms with Crippen molar-refractivity contribution in [2.24, 2.45) is 0 Å². The third-order valence-corrected chi connectivity index (χ3v) is 1.66. The second-order valence-corrected chi connectivity index (χ2v) is 3.05. The summed E-state index contributed by atoms with van der Waals surface area (Å²) in [6, 6.07) is 0. The molecular formula is C8H19N2O2. The maximum Gasteiger partial charge on any atom is 0.250 e. The standard InChI is InChI=1S/C8H19N2O2/c1-5-10(4)8(11)12-7-6-9(2)3/h8H,5-7H2,1-4H3. The number of ether oxygens (including phenoxy) is 1. The molecule has 1 radical (unpaired) electrons. The number of hydrogen-bond donors (Lipinski definition) is 0. The van der Waals surface area contributed by atoms with E-state index < -0.39 is 6.41 Å². The summed E-state index contributed by atoms with van der Waals surface area (Å²) in [5.74, 6) is 0. The lowest BCUT2D eigenvalue weighted by Gasteiger charge is -2.20. The van der Waals surface area contributed by atoms with Crippen LogP contribution in [-0.2, 0) is 9.84 Å². The van der Waals surface area contributed by atoms with Crippen molar-refractivity contribution in [2.45, 2.75) is 13.3 Å². The summed E-state index contributed by atoms with van der Waals surface area (Å²) in [6.07, 6.45) is -1.02. The molecule has 0 saturated carbocycles. The normalized spacial score (nSPS) is 14.2. The Kier molecular flexibility index (Phi) is 6.28. The zero-order valence-electron chi connectivity index (χ0n) is 8.41. The maximum atomic E-state index is 11.1. The van der Waals surface area contributed by atoms with Crippen molar-refractivity contribution in [1.29, 1.82) is 0 Å². The Hall–Kier alpha value is -0.160. The average molecular weight is 175 g/mol. The summed E-state index contributed by atoms with van der Waals surface area (Å²) < 4.78 is 5.03. The number of nitrogens with zero attached hydrogens (tertiary/aromatic N) is 2. The number of likely N-dealkylation sites (N-methyl/N-ethyl adjacent to an activating group) is 1. The molecule has 0 heterocycles. The minimum atomic E-state index is -1.02. The van der Waals surface area contributed by atoms with Crippen LogP contribution in [0.5, 0.6) is 0 Å². The van der Waals surface area contributed by atoms with E-state index in [0.29, 0.717) is 6.61 Å². The third-order valence-electron chi connectivity index (χ3n) is 1.66. The molecule has 4 heteroatoms. The quantitative estimate of drug-likeness (QED) is 0.542. The van der Waals surface area contributed by atoms with Gasteiger partial charge in [-0.05, 0) is 27.7 Å². The molecule has 0 fully saturated rings. The van der Waals surface area contributed by atoms with Crippen molar-refractivity contribution >= 4 is 0 Å². The molecule has 0 aliphatic heterocycles. The first-order valence-corrected chi connectivity index (χ1v) is 4.20. The second kappa shape index (κ2) is 6.37. The third kappa shape index (κ3) is 5.49. The summed E-state index contributed by atoms with van der Waals surface area (Å²) in [5.41, 5.74) is 0. The molecule has 0 bridgehead atoms. The largest absolute Gasteiger partial charge is 0.336 e. The van der Waals surface area contributed by atoms with E-state index in [2.05, 4.69) is 0 Å². The first kappa shape index (κ1) is 11.8. The molecule has 1 atom stereocenters. The number of rotatable bonds is 6. The highest BCUT2D eigenvalue weighted by atomic mass is 16.6. The lowest BCUT2D eigenvalue weighted by atomic mass is 10.6. The molecule has 73 valence electrons. The van der Waals surface area contributed by atoms with Crippen LogP contribution >= 0.6 is 0 Å². The van der Waals surface area contributed by atoms with Gasteiger partial charge in [0.05, 0.1) is 6.61 Å². The van der Waals surface area contributed by atoms with Crippen molar-refractivity contribution < 1.29 is 9.84 Å². The van der Waals surface area contributed by atoms with Gasteiger partial charge in [-0.2, -0.15) is 5.11 Å². The van der Waals surface area contributed by atoms with Crippen LogP contribution in [0.15, 0.2) is 0 Å². The van der Waals surface area contributed by atoms with E-state index >= 15 is 0 Å². The van der Waals surface area contributed by atoms with E-state index in [9.17, 15) is 5.11 Å². The molecule has 0 aromatic rings. The molecule has 0 aliphatic rings. The molecule has 0 rings (SSSR count). The van der Waals surface area contributed by atoms with Gasteiger partial charge in [-0.25, -0.2) is 0 Å². The van der Waals surface area contributed by atoms with Crippen LogP contribution in [0.4, 0.5) is 0 Å². The zero-order valence-corrected chi connectivity index (χ0v) is 8.41. The molecule has 0 amide bonds. The summed E-state index contributed by atoms with van der Waals surface area (Å²) in [4.78, 5) is 3.61. The highest BCUT2D eigenvalue weighted by molar-refractivity contribution is 4.44. The van der Waals surface area contributed by atoms with Crippen molar-refractivity contribution in [2.75, 3.05) is 40.8 Å². The second-order valence-electron chi connectivity index (χ2n) is 3.05. The van der Waals surface area contributed by atoms with Crippen LogP contribution in [0.25, 0.3) is 0 Å². The predicted octanol–water partition coefficient (Wildman–Crippen LogP) is 0.230. The molecule has 0 aromatic carbocycles. The van der Waals surface area contributed by atoms with Gasteiger partial charge in [0.2, 0.25) is 6.41 Å². The van der Waals surface area contributed by atoms with E-state index in [-0.39, 0.29) is 0 Å².